The SMILES string of the molecule is COc1cc(/C=C2\SC(N3CCC(c4cc(-c5cccs5)n[nH]4)CC3)=NC2=O)ccc1OCc1ccc(C(F)(F)F)cc1C(F)(F)F. The van der Waals surface area contributed by atoms with Gasteiger partial charge in [0.1, 0.15) is 12.3 Å². The topological polar surface area (TPSA) is 79.8 Å². The average molecular weight is 693 g/mol. The number of hydrogen-bond donors (Lipinski definition) is 1. The molecule has 0 radical (unpaired) electrons. The van der Waals surface area contributed by atoms with Crippen LogP contribution in [0, 0.1) is 0 Å². The highest BCUT2D eigenvalue weighted by Crippen LogP contribution is 2.39. The summed E-state index contributed by atoms with van der Waals surface area (Å²) in [6, 6.07) is 12.1. The number of aromatic nitrogens is 2. The van der Waals surface area contributed by atoms with Crippen LogP contribution in [-0.4, -0.2) is 46.4 Å². The number of thiophene rings is 1. The standard InChI is InChI=1S/C32H26F6N4O3S2/c1-44-26-13-18(4-7-25(26)45-17-20-5-6-21(31(33,34)35)15-22(20)32(36,37)38)14-28-29(43)39-30(47-28)42-10-8-19(9-11-42)23-16-24(41-40-23)27-3-2-12-46-27/h2-7,12-16,19H,8-11,17H2,1H3,(H,40,41)/b28-14-. The molecule has 2 aromatic heterocycles. The smallest absolute Gasteiger partial charge is 0.416 e. The second-order valence-corrected chi connectivity index (χ2v) is 12.8. The summed E-state index contributed by atoms with van der Waals surface area (Å²) in [7, 11) is 1.34. The van der Waals surface area contributed by atoms with Crippen molar-refractivity contribution in [3.63, 3.8) is 0 Å². The Kier molecular flexibility index (Phi) is 9.12. The van der Waals surface area contributed by atoms with Gasteiger partial charge in [-0.1, -0.05) is 18.2 Å². The molecule has 0 saturated carbocycles. The zero-order chi connectivity index (χ0) is 33.3. The summed E-state index contributed by atoms with van der Waals surface area (Å²) in [6.07, 6.45) is -6.57. The van der Waals surface area contributed by atoms with Gasteiger partial charge >= 0.3 is 12.4 Å². The molecule has 1 saturated heterocycles. The van der Waals surface area contributed by atoms with Gasteiger partial charge in [0.05, 0.1) is 28.0 Å². The van der Waals surface area contributed by atoms with Gasteiger partial charge in [-0.05, 0) is 78.0 Å². The number of methoxy groups -OCH3 is 1. The minimum Gasteiger partial charge on any atom is -0.493 e. The van der Waals surface area contributed by atoms with Crippen molar-refractivity contribution in [2.75, 3.05) is 20.2 Å². The molecule has 0 bridgehead atoms. The molecule has 4 heterocycles. The van der Waals surface area contributed by atoms with Crippen molar-refractivity contribution in [3.8, 4) is 22.1 Å². The Morgan fingerprint density at radius 3 is 2.47 bits per heavy atom. The second-order valence-electron chi connectivity index (χ2n) is 10.8. The van der Waals surface area contributed by atoms with E-state index in [1.54, 1.807) is 29.5 Å². The van der Waals surface area contributed by atoms with E-state index in [2.05, 4.69) is 26.2 Å². The lowest BCUT2D eigenvalue weighted by atomic mass is 9.93. The molecule has 1 amide bonds. The van der Waals surface area contributed by atoms with Crippen LogP contribution in [0.2, 0.25) is 0 Å². The summed E-state index contributed by atoms with van der Waals surface area (Å²) in [5, 5.41) is 10.3. The lowest BCUT2D eigenvalue weighted by Crippen LogP contribution is -2.35. The van der Waals surface area contributed by atoms with Crippen LogP contribution in [0.3, 0.4) is 0 Å². The van der Waals surface area contributed by atoms with Gasteiger partial charge in [0.25, 0.3) is 5.91 Å². The van der Waals surface area contributed by atoms with Gasteiger partial charge in [0, 0.05) is 30.3 Å². The number of thioether (sulfide) groups is 1. The van der Waals surface area contributed by atoms with E-state index in [-0.39, 0.29) is 23.5 Å². The number of likely N-dealkylation sites (tertiary alicyclic amines) is 1. The van der Waals surface area contributed by atoms with Crippen molar-refractivity contribution in [1.82, 2.24) is 15.1 Å². The highest BCUT2D eigenvalue weighted by molar-refractivity contribution is 8.18. The monoisotopic (exact) mass is 692 g/mol. The lowest BCUT2D eigenvalue weighted by Gasteiger charge is -2.32. The van der Waals surface area contributed by atoms with Crippen molar-refractivity contribution in [1.29, 1.82) is 0 Å². The number of amidine groups is 1. The fraction of sp³-hybridized carbons (Fsp3) is 0.281. The number of carbonyl (C=O) groups excluding carboxylic acids is 1. The van der Waals surface area contributed by atoms with Gasteiger partial charge in [-0.15, -0.1) is 11.3 Å². The highest BCUT2D eigenvalue weighted by atomic mass is 32.2. The molecule has 2 aliphatic heterocycles. The molecule has 15 heteroatoms. The number of piperidine rings is 1. The normalized spacial score (nSPS) is 17.0. The number of alkyl halides is 6. The average Bonchev–Trinajstić information content (AvgIpc) is 3.82. The summed E-state index contributed by atoms with van der Waals surface area (Å²) in [5.41, 5.74) is -0.724. The summed E-state index contributed by atoms with van der Waals surface area (Å²) in [4.78, 5) is 20.6. The van der Waals surface area contributed by atoms with Crippen molar-refractivity contribution in [2.45, 2.75) is 37.7 Å². The van der Waals surface area contributed by atoms with Crippen LogP contribution in [0.1, 0.15) is 46.7 Å². The third-order valence-electron chi connectivity index (χ3n) is 7.80. The second kappa shape index (κ2) is 13.1. The largest absolute Gasteiger partial charge is 0.493 e. The number of nitrogens with one attached hydrogen (secondary N) is 1. The maximum atomic E-state index is 13.5. The highest BCUT2D eigenvalue weighted by Gasteiger charge is 2.38. The fourth-order valence-corrected chi connectivity index (χ4v) is 7.01. The lowest BCUT2D eigenvalue weighted by molar-refractivity contribution is -0.143. The third kappa shape index (κ3) is 7.35. The van der Waals surface area contributed by atoms with Gasteiger partial charge < -0.3 is 14.4 Å². The Morgan fingerprint density at radius 2 is 1.79 bits per heavy atom. The molecule has 7 nitrogen and oxygen atoms in total. The van der Waals surface area contributed by atoms with Gasteiger partial charge in [-0.3, -0.25) is 9.89 Å². The maximum absolute atomic E-state index is 13.5. The maximum Gasteiger partial charge on any atom is 0.416 e. The number of amides is 1. The Bertz CT molecular complexity index is 1820. The van der Waals surface area contributed by atoms with Gasteiger partial charge in [0.2, 0.25) is 0 Å². The van der Waals surface area contributed by atoms with E-state index in [9.17, 15) is 31.1 Å². The van der Waals surface area contributed by atoms with Crippen LogP contribution < -0.4 is 9.47 Å². The predicted octanol–water partition coefficient (Wildman–Crippen LogP) is 8.61. The summed E-state index contributed by atoms with van der Waals surface area (Å²) < 4.78 is 90.6. The van der Waals surface area contributed by atoms with Crippen LogP contribution in [0.5, 0.6) is 11.5 Å². The minimum absolute atomic E-state index is 0.0708. The Morgan fingerprint density at radius 1 is 1.00 bits per heavy atom. The van der Waals surface area contributed by atoms with Crippen LogP contribution in [0.4, 0.5) is 26.3 Å². The molecule has 246 valence electrons. The van der Waals surface area contributed by atoms with E-state index in [1.807, 2.05) is 17.5 Å². The van der Waals surface area contributed by atoms with Crippen molar-refractivity contribution < 1.29 is 40.6 Å². The third-order valence-corrected chi connectivity index (χ3v) is 9.73. The first-order valence-corrected chi connectivity index (χ1v) is 16.0. The quantitative estimate of drug-likeness (QED) is 0.154. The van der Waals surface area contributed by atoms with E-state index in [1.165, 1.54) is 24.9 Å². The molecule has 0 aliphatic carbocycles. The molecule has 0 atom stereocenters. The van der Waals surface area contributed by atoms with Gasteiger partial charge in [0.15, 0.2) is 16.7 Å². The Labute approximate surface area is 273 Å². The fourth-order valence-electron chi connectivity index (χ4n) is 5.35. The molecule has 2 aromatic carbocycles. The number of nitrogens with zero attached hydrogens (tertiary/aromatic N) is 3. The first kappa shape index (κ1) is 32.7. The predicted molar refractivity (Wildman–Crippen MR) is 167 cm³/mol. The van der Waals surface area contributed by atoms with E-state index >= 15 is 0 Å². The Balaban J connectivity index is 1.09. The number of aliphatic imine (C=N–C) groups is 1. The minimum atomic E-state index is -5.02. The molecule has 0 spiro atoms. The number of H-pyrrole nitrogens is 1. The molecule has 0 unspecified atom stereocenters. The first-order chi connectivity index (χ1) is 22.4. The van der Waals surface area contributed by atoms with Crippen molar-refractivity contribution in [2.24, 2.45) is 4.99 Å². The van der Waals surface area contributed by atoms with Crippen LogP contribution in [-0.2, 0) is 23.8 Å². The zero-order valence-electron chi connectivity index (χ0n) is 24.6. The molecular formula is C32H26F6N4O3S2. The molecule has 6 rings (SSSR count). The first-order valence-electron chi connectivity index (χ1n) is 14.3. The number of aromatic amines is 1. The Hall–Kier alpha value is -4.24. The van der Waals surface area contributed by atoms with E-state index in [0.717, 1.165) is 48.3 Å². The number of hydrogen-bond acceptors (Lipinski definition) is 7. The number of halogens is 6. The zero-order valence-corrected chi connectivity index (χ0v) is 26.2. The summed E-state index contributed by atoms with van der Waals surface area (Å²) >= 11 is 2.90. The molecule has 4 aromatic rings. The number of carbonyl (C=O) groups is 1. The molecule has 1 N–H and O–H groups in total. The number of benzene rings is 2. The molecular weight excluding hydrogens is 666 g/mol. The van der Waals surface area contributed by atoms with Crippen LogP contribution in [0.25, 0.3) is 16.6 Å². The summed E-state index contributed by atoms with van der Waals surface area (Å²) in [5.74, 6) is 0.174. The number of rotatable bonds is 7. The van der Waals surface area contributed by atoms with E-state index in [4.69, 9.17) is 9.47 Å². The van der Waals surface area contributed by atoms with Gasteiger partial charge in [-0.2, -0.15) is 36.4 Å². The van der Waals surface area contributed by atoms with E-state index < -0.39 is 35.6 Å². The number of ether oxygens (including phenoxy) is 2. The van der Waals surface area contributed by atoms with Crippen LogP contribution >= 0.6 is 23.1 Å². The van der Waals surface area contributed by atoms with Crippen LogP contribution in [0.15, 0.2) is 69.9 Å². The molecule has 2 aliphatic rings. The molecule has 47 heavy (non-hydrogen) atoms. The van der Waals surface area contributed by atoms with E-state index in [0.29, 0.717) is 27.6 Å². The van der Waals surface area contributed by atoms with Gasteiger partial charge in [-0.25, -0.2) is 0 Å². The molecule has 1 fully saturated rings. The van der Waals surface area contributed by atoms with Crippen molar-refractivity contribution in [3.05, 3.63) is 92.8 Å². The van der Waals surface area contributed by atoms with Crippen molar-refractivity contribution >= 4 is 40.2 Å². The summed E-state index contributed by atoms with van der Waals surface area (Å²) in [6.45, 7) is 0.792.